The smallest absolute Gasteiger partial charge is 0.355 e. The zero-order chi connectivity index (χ0) is 26.8. The van der Waals surface area contributed by atoms with Crippen molar-refractivity contribution in [3.63, 3.8) is 0 Å². The number of amides is 1. The number of anilines is 2. The Hall–Kier alpha value is -2.72. The van der Waals surface area contributed by atoms with Crippen molar-refractivity contribution in [2.75, 3.05) is 42.9 Å². The minimum Gasteiger partial charge on any atom is -0.355 e. The topological polar surface area (TPSA) is 64.6 Å². The predicted octanol–water partition coefficient (Wildman–Crippen LogP) is 4.04. The molecule has 4 rings (SSSR count). The van der Waals surface area contributed by atoms with E-state index in [1.165, 1.54) is 11.8 Å². The van der Waals surface area contributed by atoms with E-state index in [2.05, 4.69) is 15.3 Å². The Labute approximate surface area is 207 Å². The highest BCUT2D eigenvalue weighted by Gasteiger charge is 2.42. The highest BCUT2D eigenvalue weighted by atomic mass is 19.4. The number of nitrogens with one attached hydrogen (secondary N) is 1. The first kappa shape index (κ1) is 22.7. The van der Waals surface area contributed by atoms with Gasteiger partial charge >= 0.3 is 6.18 Å². The minimum atomic E-state index is -4.27. The lowest BCUT2D eigenvalue weighted by Crippen LogP contribution is -2.53. The summed E-state index contributed by atoms with van der Waals surface area (Å²) in [6.07, 6.45) is 0.0671. The molecule has 0 aromatic carbocycles. The molecule has 2 aromatic rings. The fraction of sp³-hybridized carbons (Fsp3) is 0.560. The molecular weight excluding hydrogens is 457 g/mol. The van der Waals surface area contributed by atoms with Gasteiger partial charge in [-0.25, -0.2) is 4.98 Å². The molecule has 0 radical (unpaired) electrons. The Morgan fingerprint density at radius 1 is 1.17 bits per heavy atom. The van der Waals surface area contributed by atoms with Crippen molar-refractivity contribution in [1.82, 2.24) is 19.8 Å². The van der Waals surface area contributed by atoms with E-state index in [4.69, 9.17) is 2.74 Å². The van der Waals surface area contributed by atoms with E-state index in [1.54, 1.807) is 42.7 Å². The van der Waals surface area contributed by atoms with Gasteiger partial charge < -0.3 is 10.2 Å². The van der Waals surface area contributed by atoms with Crippen LogP contribution in [-0.4, -0.2) is 82.7 Å². The third-order valence-corrected chi connectivity index (χ3v) is 6.78. The molecule has 10 heteroatoms. The maximum atomic E-state index is 13.2. The molecule has 0 aliphatic carbocycles. The van der Waals surface area contributed by atoms with E-state index in [0.29, 0.717) is 37.4 Å². The van der Waals surface area contributed by atoms with Crippen LogP contribution < -0.4 is 10.2 Å². The number of nitrogens with zero attached hydrogens (tertiary/aromatic N) is 5. The summed E-state index contributed by atoms with van der Waals surface area (Å²) in [5, 5.41) is 2.79. The number of pyridine rings is 2. The second kappa shape index (κ2) is 10.9. The number of hydrogen-bond donors (Lipinski definition) is 1. The zero-order valence-corrected chi connectivity index (χ0v) is 20.0. The Bertz CT molecular complexity index is 1070. The van der Waals surface area contributed by atoms with Crippen LogP contribution in [0, 0.1) is 0 Å². The highest BCUT2D eigenvalue weighted by Crippen LogP contribution is 2.29. The van der Waals surface area contributed by atoms with Crippen molar-refractivity contribution in [3.8, 4) is 0 Å². The number of halogens is 3. The Balaban J connectivity index is 1.45. The fourth-order valence-electron chi connectivity index (χ4n) is 4.78. The molecule has 4 heterocycles. The molecule has 2 aliphatic rings. The van der Waals surface area contributed by atoms with Crippen molar-refractivity contribution in [3.05, 3.63) is 48.4 Å². The Kier molecular flexibility index (Phi) is 7.08. The van der Waals surface area contributed by atoms with Gasteiger partial charge in [0.25, 0.3) is 5.91 Å². The molecule has 35 heavy (non-hydrogen) atoms. The van der Waals surface area contributed by atoms with Gasteiger partial charge in [-0.2, -0.15) is 13.2 Å². The standard InChI is InChI=1S/C25H33F3N6O/c1-18-17-33(23-6-3-5-22(31-23)24(35)30-20-7-11-29-12-8-20)13-4-14-34(18)21-9-15-32(16-10-21)19(2)25(26,27)28/h3,5-8,11-12,18-19,21H,4,9-10,13-17H2,1-2H3,(H,29,30,35)/t18?,19-/m0/s1/i14D2. The zero-order valence-electron chi connectivity index (χ0n) is 22.0. The number of alkyl halides is 3. The van der Waals surface area contributed by atoms with Crippen LogP contribution >= 0.6 is 0 Å². The maximum absolute atomic E-state index is 13.2. The molecule has 2 saturated heterocycles. The number of carbonyl (C=O) groups excluding carboxylic acids is 1. The van der Waals surface area contributed by atoms with Gasteiger partial charge in [0.15, 0.2) is 0 Å². The minimum absolute atomic E-state index is 0.146. The monoisotopic (exact) mass is 492 g/mol. The quantitative estimate of drug-likeness (QED) is 0.680. The molecule has 1 unspecified atom stereocenters. The summed E-state index contributed by atoms with van der Waals surface area (Å²) in [6.45, 7) is 2.97. The predicted molar refractivity (Wildman–Crippen MR) is 130 cm³/mol. The first-order valence-electron chi connectivity index (χ1n) is 13.0. The van der Waals surface area contributed by atoms with E-state index in [1.807, 2.05) is 16.7 Å². The SMILES string of the molecule is [2H]C1([2H])CCN(c2cccc(C(=O)Nc3ccncc3)n2)CC(C)N1C1CCN([C@@H](C)C(F)(F)F)CC1. The van der Waals surface area contributed by atoms with E-state index >= 15 is 0 Å². The average molecular weight is 493 g/mol. The van der Waals surface area contributed by atoms with Crippen molar-refractivity contribution in [2.45, 2.75) is 57.4 Å². The van der Waals surface area contributed by atoms with Gasteiger partial charge in [-0.1, -0.05) is 6.07 Å². The van der Waals surface area contributed by atoms with Crippen molar-refractivity contribution < 1.29 is 20.7 Å². The van der Waals surface area contributed by atoms with Gasteiger partial charge in [-0.05, 0) is 57.4 Å². The number of likely N-dealkylation sites (tertiary alicyclic amines) is 1. The summed E-state index contributed by atoms with van der Waals surface area (Å²) < 4.78 is 57.1. The number of rotatable bonds is 5. The molecule has 0 spiro atoms. The molecule has 190 valence electrons. The number of hydrogen-bond acceptors (Lipinski definition) is 6. The summed E-state index contributed by atoms with van der Waals surface area (Å²) in [5.74, 6) is 0.230. The molecule has 0 bridgehead atoms. The fourth-order valence-corrected chi connectivity index (χ4v) is 4.78. The Morgan fingerprint density at radius 3 is 2.57 bits per heavy atom. The normalized spacial score (nSPS) is 24.3. The summed E-state index contributed by atoms with van der Waals surface area (Å²) in [5.41, 5.74) is 0.854. The van der Waals surface area contributed by atoms with E-state index in [9.17, 15) is 18.0 Å². The molecule has 1 N–H and O–H groups in total. The number of piperidine rings is 1. The summed E-state index contributed by atoms with van der Waals surface area (Å²) in [4.78, 5) is 26.5. The maximum Gasteiger partial charge on any atom is 0.403 e. The molecule has 1 amide bonds. The third-order valence-electron chi connectivity index (χ3n) is 6.78. The largest absolute Gasteiger partial charge is 0.403 e. The highest BCUT2D eigenvalue weighted by molar-refractivity contribution is 6.03. The summed E-state index contributed by atoms with van der Waals surface area (Å²) in [6, 6.07) is 6.70. The van der Waals surface area contributed by atoms with Crippen LogP contribution in [0.15, 0.2) is 42.7 Å². The number of aromatic nitrogens is 2. The second-order valence-electron chi connectivity index (χ2n) is 9.17. The summed E-state index contributed by atoms with van der Waals surface area (Å²) in [7, 11) is 0. The van der Waals surface area contributed by atoms with E-state index < -0.39 is 18.7 Å². The van der Waals surface area contributed by atoms with Gasteiger partial charge in [0.2, 0.25) is 0 Å². The summed E-state index contributed by atoms with van der Waals surface area (Å²) >= 11 is 0. The van der Waals surface area contributed by atoms with Crippen LogP contribution in [0.1, 0.15) is 46.3 Å². The first-order valence-corrected chi connectivity index (χ1v) is 12.0. The lowest BCUT2D eigenvalue weighted by atomic mass is 10.00. The third kappa shape index (κ3) is 6.29. The van der Waals surface area contributed by atoms with Gasteiger partial charge in [-0.3, -0.25) is 19.6 Å². The van der Waals surface area contributed by atoms with E-state index in [-0.39, 0.29) is 43.2 Å². The second-order valence-corrected chi connectivity index (χ2v) is 9.17. The van der Waals surface area contributed by atoms with Gasteiger partial charge in [-0.15, -0.1) is 0 Å². The molecule has 2 atom stereocenters. The molecule has 7 nitrogen and oxygen atoms in total. The molecule has 2 aliphatic heterocycles. The average Bonchev–Trinajstić information content (AvgIpc) is 2.98. The van der Waals surface area contributed by atoms with Crippen LogP contribution in [0.25, 0.3) is 0 Å². The molecule has 2 fully saturated rings. The van der Waals surface area contributed by atoms with Crippen LogP contribution in [0.2, 0.25) is 0 Å². The van der Waals surface area contributed by atoms with Gasteiger partial charge in [0, 0.05) is 65.6 Å². The Morgan fingerprint density at radius 2 is 1.89 bits per heavy atom. The van der Waals surface area contributed by atoms with Crippen LogP contribution in [0.5, 0.6) is 0 Å². The number of carbonyl (C=O) groups is 1. The van der Waals surface area contributed by atoms with Crippen LogP contribution in [-0.2, 0) is 0 Å². The van der Waals surface area contributed by atoms with Crippen LogP contribution in [0.3, 0.4) is 0 Å². The van der Waals surface area contributed by atoms with E-state index in [0.717, 1.165) is 0 Å². The lowest BCUT2D eigenvalue weighted by Gasteiger charge is -2.42. The van der Waals surface area contributed by atoms with Crippen molar-refractivity contribution in [1.29, 1.82) is 0 Å². The molecule has 0 saturated carbocycles. The van der Waals surface area contributed by atoms with Gasteiger partial charge in [0.05, 0.1) is 0 Å². The van der Waals surface area contributed by atoms with Crippen molar-refractivity contribution >= 4 is 17.4 Å². The molecule has 2 aromatic heterocycles. The first-order chi connectivity index (χ1) is 17.5. The lowest BCUT2D eigenvalue weighted by molar-refractivity contribution is -0.182. The van der Waals surface area contributed by atoms with Crippen LogP contribution in [0.4, 0.5) is 24.7 Å². The van der Waals surface area contributed by atoms with Gasteiger partial charge in [0.1, 0.15) is 17.6 Å². The van der Waals surface area contributed by atoms with Crippen molar-refractivity contribution in [2.24, 2.45) is 0 Å². The molecular formula is C25H33F3N6O.